The van der Waals surface area contributed by atoms with Crippen LogP contribution in [0.25, 0.3) is 0 Å². The Morgan fingerprint density at radius 1 is 1.27 bits per heavy atom. The standard InChI is InChI=1S/C17H22N2O2S/c1-3-5-6-13-7-9-14(10-8-13)18-17-19-15(12-22-17)11-16(20)21-4-2/h7-10,12H,3-6,11H2,1-2H3,(H,18,19). The van der Waals surface area contributed by atoms with E-state index in [1.165, 1.54) is 29.7 Å². The number of thiazole rings is 1. The number of unbranched alkanes of at least 4 members (excludes halogenated alkanes) is 1. The zero-order valence-electron chi connectivity index (χ0n) is 13.1. The number of aryl methyl sites for hydroxylation is 1. The van der Waals surface area contributed by atoms with E-state index < -0.39 is 0 Å². The van der Waals surface area contributed by atoms with Crippen LogP contribution in [0.3, 0.4) is 0 Å². The van der Waals surface area contributed by atoms with Gasteiger partial charge in [0.1, 0.15) is 0 Å². The minimum Gasteiger partial charge on any atom is -0.466 e. The van der Waals surface area contributed by atoms with Crippen molar-refractivity contribution in [3.8, 4) is 0 Å². The highest BCUT2D eigenvalue weighted by Crippen LogP contribution is 2.22. The number of nitrogens with one attached hydrogen (secondary N) is 1. The molecule has 5 heteroatoms. The summed E-state index contributed by atoms with van der Waals surface area (Å²) in [5.41, 5.74) is 3.11. The van der Waals surface area contributed by atoms with Gasteiger partial charge in [-0.3, -0.25) is 4.79 Å². The summed E-state index contributed by atoms with van der Waals surface area (Å²) < 4.78 is 4.92. The van der Waals surface area contributed by atoms with Crippen molar-refractivity contribution < 1.29 is 9.53 Å². The van der Waals surface area contributed by atoms with E-state index in [-0.39, 0.29) is 12.4 Å². The second kappa shape index (κ2) is 8.54. The number of hydrogen-bond donors (Lipinski definition) is 1. The van der Waals surface area contributed by atoms with E-state index in [1.807, 2.05) is 5.38 Å². The quantitative estimate of drug-likeness (QED) is 0.736. The van der Waals surface area contributed by atoms with E-state index >= 15 is 0 Å². The Kier molecular flexibility index (Phi) is 6.40. The summed E-state index contributed by atoms with van der Waals surface area (Å²) in [5, 5.41) is 5.94. The molecule has 0 radical (unpaired) electrons. The van der Waals surface area contributed by atoms with Gasteiger partial charge >= 0.3 is 5.97 Å². The van der Waals surface area contributed by atoms with Crippen LogP contribution in [0.4, 0.5) is 10.8 Å². The third kappa shape index (κ3) is 5.15. The number of hydrogen-bond acceptors (Lipinski definition) is 5. The lowest BCUT2D eigenvalue weighted by molar-refractivity contribution is -0.142. The average Bonchev–Trinajstić information content (AvgIpc) is 2.94. The van der Waals surface area contributed by atoms with Crippen LogP contribution < -0.4 is 5.32 Å². The fourth-order valence-electron chi connectivity index (χ4n) is 2.06. The summed E-state index contributed by atoms with van der Waals surface area (Å²) in [6, 6.07) is 8.42. The van der Waals surface area contributed by atoms with Crippen molar-refractivity contribution in [3.63, 3.8) is 0 Å². The highest BCUT2D eigenvalue weighted by molar-refractivity contribution is 7.13. The molecule has 0 aliphatic rings. The maximum absolute atomic E-state index is 11.4. The third-order valence-corrected chi connectivity index (χ3v) is 4.01. The molecule has 0 aliphatic heterocycles. The second-order valence-electron chi connectivity index (χ2n) is 5.05. The van der Waals surface area contributed by atoms with Crippen molar-refractivity contribution in [2.75, 3.05) is 11.9 Å². The van der Waals surface area contributed by atoms with Crippen LogP contribution in [0.5, 0.6) is 0 Å². The van der Waals surface area contributed by atoms with Gasteiger partial charge in [-0.1, -0.05) is 25.5 Å². The first-order chi connectivity index (χ1) is 10.7. The van der Waals surface area contributed by atoms with E-state index in [2.05, 4.69) is 41.5 Å². The molecule has 0 bridgehead atoms. The van der Waals surface area contributed by atoms with Gasteiger partial charge in [0.15, 0.2) is 5.13 Å². The molecule has 2 aromatic rings. The zero-order valence-corrected chi connectivity index (χ0v) is 13.9. The van der Waals surface area contributed by atoms with Gasteiger partial charge < -0.3 is 10.1 Å². The minimum atomic E-state index is -0.236. The number of esters is 1. The van der Waals surface area contributed by atoms with Gasteiger partial charge in [0.2, 0.25) is 0 Å². The largest absolute Gasteiger partial charge is 0.466 e. The molecule has 2 rings (SSSR count). The van der Waals surface area contributed by atoms with E-state index in [9.17, 15) is 4.79 Å². The normalized spacial score (nSPS) is 10.5. The molecule has 4 nitrogen and oxygen atoms in total. The monoisotopic (exact) mass is 318 g/mol. The first kappa shape index (κ1) is 16.5. The van der Waals surface area contributed by atoms with E-state index in [4.69, 9.17) is 4.74 Å². The van der Waals surface area contributed by atoms with Crippen LogP contribution in [-0.2, 0) is 22.4 Å². The fraction of sp³-hybridized carbons (Fsp3) is 0.412. The predicted octanol–water partition coefficient (Wildman–Crippen LogP) is 4.33. The Morgan fingerprint density at radius 3 is 2.73 bits per heavy atom. The molecule has 0 saturated carbocycles. The molecule has 0 atom stereocenters. The van der Waals surface area contributed by atoms with Crippen LogP contribution in [-0.4, -0.2) is 17.6 Å². The molecule has 1 aromatic heterocycles. The number of benzene rings is 1. The van der Waals surface area contributed by atoms with E-state index in [0.717, 1.165) is 22.9 Å². The SMILES string of the molecule is CCCCc1ccc(Nc2nc(CC(=O)OCC)cs2)cc1. The van der Waals surface area contributed by atoms with Crippen LogP contribution in [0.2, 0.25) is 0 Å². The number of aromatic nitrogens is 1. The highest BCUT2D eigenvalue weighted by atomic mass is 32.1. The molecule has 118 valence electrons. The lowest BCUT2D eigenvalue weighted by Crippen LogP contribution is -2.07. The lowest BCUT2D eigenvalue weighted by Gasteiger charge is -2.04. The smallest absolute Gasteiger partial charge is 0.311 e. The maximum Gasteiger partial charge on any atom is 0.311 e. The van der Waals surface area contributed by atoms with Crippen LogP contribution >= 0.6 is 11.3 Å². The number of ether oxygens (including phenoxy) is 1. The number of carbonyl (C=O) groups excluding carboxylic acids is 1. The Hall–Kier alpha value is -1.88. The molecule has 0 saturated heterocycles. The van der Waals surface area contributed by atoms with Crippen molar-refractivity contribution in [1.29, 1.82) is 0 Å². The van der Waals surface area contributed by atoms with Crippen molar-refractivity contribution in [2.45, 2.75) is 39.5 Å². The van der Waals surface area contributed by atoms with Crippen LogP contribution in [0, 0.1) is 0 Å². The lowest BCUT2D eigenvalue weighted by atomic mass is 10.1. The maximum atomic E-state index is 11.4. The molecule has 0 fully saturated rings. The van der Waals surface area contributed by atoms with Gasteiger partial charge in [-0.15, -0.1) is 11.3 Å². The van der Waals surface area contributed by atoms with Gasteiger partial charge in [-0.05, 0) is 37.5 Å². The number of nitrogens with zero attached hydrogens (tertiary/aromatic N) is 1. The molecule has 1 heterocycles. The molecule has 0 spiro atoms. The Balaban J connectivity index is 1.90. The molecule has 0 amide bonds. The summed E-state index contributed by atoms with van der Waals surface area (Å²) >= 11 is 1.49. The molecule has 0 aliphatic carbocycles. The van der Waals surface area contributed by atoms with Gasteiger partial charge in [-0.2, -0.15) is 0 Å². The van der Waals surface area contributed by atoms with E-state index in [0.29, 0.717) is 6.61 Å². The van der Waals surface area contributed by atoms with Crippen molar-refractivity contribution in [1.82, 2.24) is 4.98 Å². The molecular weight excluding hydrogens is 296 g/mol. The first-order valence-corrected chi connectivity index (χ1v) is 8.55. The first-order valence-electron chi connectivity index (χ1n) is 7.67. The van der Waals surface area contributed by atoms with Crippen molar-refractivity contribution in [2.24, 2.45) is 0 Å². The number of anilines is 2. The number of rotatable bonds is 8. The van der Waals surface area contributed by atoms with Crippen LogP contribution in [0.1, 0.15) is 37.9 Å². The second-order valence-corrected chi connectivity index (χ2v) is 5.91. The molecular formula is C17H22N2O2S. The van der Waals surface area contributed by atoms with Crippen LogP contribution in [0.15, 0.2) is 29.6 Å². The topological polar surface area (TPSA) is 51.2 Å². The third-order valence-electron chi connectivity index (χ3n) is 3.21. The average molecular weight is 318 g/mol. The Morgan fingerprint density at radius 2 is 2.05 bits per heavy atom. The minimum absolute atomic E-state index is 0.224. The summed E-state index contributed by atoms with van der Waals surface area (Å²) in [7, 11) is 0. The Labute approximate surface area is 135 Å². The van der Waals surface area contributed by atoms with Gasteiger partial charge in [0, 0.05) is 11.1 Å². The summed E-state index contributed by atoms with van der Waals surface area (Å²) in [6.07, 6.45) is 3.78. The van der Waals surface area contributed by atoms with E-state index in [1.54, 1.807) is 6.92 Å². The molecule has 0 unspecified atom stereocenters. The highest BCUT2D eigenvalue weighted by Gasteiger charge is 2.08. The zero-order chi connectivity index (χ0) is 15.8. The molecule has 1 aromatic carbocycles. The fourth-order valence-corrected chi connectivity index (χ4v) is 2.80. The predicted molar refractivity (Wildman–Crippen MR) is 90.8 cm³/mol. The number of carbonyl (C=O) groups is 1. The van der Waals surface area contributed by atoms with Gasteiger partial charge in [-0.25, -0.2) is 4.98 Å². The summed E-state index contributed by atoms with van der Waals surface area (Å²) in [5.74, 6) is -0.236. The molecule has 22 heavy (non-hydrogen) atoms. The van der Waals surface area contributed by atoms with Gasteiger partial charge in [0.25, 0.3) is 0 Å². The van der Waals surface area contributed by atoms with Crippen molar-refractivity contribution in [3.05, 3.63) is 40.9 Å². The molecule has 1 N–H and O–H groups in total. The Bertz CT molecular complexity index is 593. The van der Waals surface area contributed by atoms with Crippen molar-refractivity contribution >= 4 is 28.1 Å². The van der Waals surface area contributed by atoms with Gasteiger partial charge in [0.05, 0.1) is 18.7 Å². The summed E-state index contributed by atoms with van der Waals surface area (Å²) in [4.78, 5) is 15.8. The summed E-state index contributed by atoms with van der Waals surface area (Å²) in [6.45, 7) is 4.40.